The van der Waals surface area contributed by atoms with Gasteiger partial charge in [-0.2, -0.15) is 5.26 Å². The third kappa shape index (κ3) is 5.91. The summed E-state index contributed by atoms with van der Waals surface area (Å²) < 4.78 is 22.3. The number of rotatable bonds is 7. The van der Waals surface area contributed by atoms with Gasteiger partial charge in [0.15, 0.2) is 5.75 Å². The van der Waals surface area contributed by atoms with Crippen molar-refractivity contribution in [2.24, 2.45) is 5.73 Å². The molecule has 0 aromatic heterocycles. The Morgan fingerprint density at radius 1 is 0.951 bits per heavy atom. The summed E-state index contributed by atoms with van der Waals surface area (Å²) in [6.45, 7) is 0.311. The van der Waals surface area contributed by atoms with E-state index in [-0.39, 0.29) is 38.6 Å². The smallest absolute Gasteiger partial charge is 0.343 e. The van der Waals surface area contributed by atoms with Crippen LogP contribution in [-0.2, 0) is 6.61 Å². The minimum atomic E-state index is -0.683. The van der Waals surface area contributed by atoms with Crippen LogP contribution in [0, 0.1) is 11.3 Å². The van der Waals surface area contributed by atoms with Gasteiger partial charge in [-0.25, -0.2) is 4.79 Å². The fraction of sp³-hybridized carbons (Fsp3) is 0.0968. The van der Waals surface area contributed by atoms with Crippen molar-refractivity contribution in [2.45, 2.75) is 12.5 Å². The number of methoxy groups -OCH3 is 1. The lowest BCUT2D eigenvalue weighted by Gasteiger charge is -2.27. The van der Waals surface area contributed by atoms with Gasteiger partial charge in [-0.1, -0.05) is 71.2 Å². The summed E-state index contributed by atoms with van der Waals surface area (Å²) in [7, 11) is 1.42. The Morgan fingerprint density at radius 2 is 1.63 bits per heavy atom. The van der Waals surface area contributed by atoms with Crippen LogP contribution in [0.15, 0.2) is 90.3 Å². The molecule has 0 aliphatic carbocycles. The molecule has 10 heteroatoms. The van der Waals surface area contributed by atoms with Gasteiger partial charge in [0, 0.05) is 22.2 Å². The molecule has 5 rings (SSSR count). The van der Waals surface area contributed by atoms with Crippen LogP contribution in [0.25, 0.3) is 0 Å². The summed E-state index contributed by atoms with van der Waals surface area (Å²) in [6.07, 6.45) is 0. The first-order valence-corrected chi connectivity index (χ1v) is 13.3. The Kier molecular flexibility index (Phi) is 8.27. The minimum Gasteiger partial charge on any atom is -0.494 e. The monoisotopic (exact) mass is 606 g/mol. The fourth-order valence-corrected chi connectivity index (χ4v) is 5.25. The molecule has 0 saturated heterocycles. The molecular weight excluding hydrogens is 587 g/mol. The summed E-state index contributed by atoms with van der Waals surface area (Å²) in [4.78, 5) is 12.8. The SMILES string of the molecule is COc1c(Cl)cc(C(=O)Oc2ccc3c(c2)OC(N)=C(C#N)C3c2ccc(OCc3ccccc3Cl)cc2)cc1Cl. The third-order valence-corrected chi connectivity index (χ3v) is 7.34. The van der Waals surface area contributed by atoms with Crippen LogP contribution < -0.4 is 24.7 Å². The molecule has 2 N–H and O–H groups in total. The van der Waals surface area contributed by atoms with Gasteiger partial charge in [0.25, 0.3) is 0 Å². The van der Waals surface area contributed by atoms with E-state index in [1.165, 1.54) is 25.3 Å². The molecule has 1 aliphatic heterocycles. The number of carbonyl (C=O) groups excluding carboxylic acids is 1. The Balaban J connectivity index is 1.38. The molecule has 1 heterocycles. The average molecular weight is 608 g/mol. The zero-order chi connectivity index (χ0) is 29.1. The van der Waals surface area contributed by atoms with Gasteiger partial charge in [0.2, 0.25) is 5.88 Å². The van der Waals surface area contributed by atoms with Crippen LogP contribution in [0.1, 0.15) is 33.0 Å². The number of hydrogen-bond acceptors (Lipinski definition) is 7. The summed E-state index contributed by atoms with van der Waals surface area (Å²) in [5.41, 5.74) is 8.88. The number of benzene rings is 4. The molecule has 0 amide bonds. The summed E-state index contributed by atoms with van der Waals surface area (Å²) in [6, 6.07) is 24.6. The van der Waals surface area contributed by atoms with Crippen LogP contribution in [0.4, 0.5) is 0 Å². The average Bonchev–Trinajstić information content (AvgIpc) is 2.96. The highest BCUT2D eigenvalue weighted by Gasteiger charge is 2.31. The van der Waals surface area contributed by atoms with Gasteiger partial charge in [-0.3, -0.25) is 0 Å². The van der Waals surface area contributed by atoms with E-state index in [2.05, 4.69) is 6.07 Å². The lowest BCUT2D eigenvalue weighted by Crippen LogP contribution is -2.21. The highest BCUT2D eigenvalue weighted by molar-refractivity contribution is 6.37. The number of fused-ring (bicyclic) bond motifs is 1. The Labute approximate surface area is 251 Å². The zero-order valence-corrected chi connectivity index (χ0v) is 23.8. The molecule has 0 spiro atoms. The number of nitrogens with zero attached hydrogens (tertiary/aromatic N) is 1. The summed E-state index contributed by atoms with van der Waals surface area (Å²) in [5, 5.41) is 10.9. The predicted octanol–water partition coefficient (Wildman–Crippen LogP) is 7.67. The molecule has 4 aromatic carbocycles. The number of hydrogen-bond donors (Lipinski definition) is 1. The standard InChI is InChI=1S/C31H21Cl3N2O5/c1-38-29-25(33)12-19(13-26(29)34)31(37)40-21-10-11-22-27(14-21)41-30(36)23(15-35)28(22)17-6-8-20(9-7-17)39-16-18-4-2-3-5-24(18)32/h2-14,28H,16,36H2,1H3. The van der Waals surface area contributed by atoms with Crippen molar-refractivity contribution in [1.29, 1.82) is 5.26 Å². The summed E-state index contributed by atoms with van der Waals surface area (Å²) >= 11 is 18.5. The zero-order valence-electron chi connectivity index (χ0n) is 21.5. The lowest BCUT2D eigenvalue weighted by molar-refractivity contribution is 0.0734. The van der Waals surface area contributed by atoms with E-state index < -0.39 is 11.9 Å². The molecule has 0 bridgehead atoms. The van der Waals surface area contributed by atoms with Crippen molar-refractivity contribution in [1.82, 2.24) is 0 Å². The van der Waals surface area contributed by atoms with E-state index in [1.807, 2.05) is 48.5 Å². The number of nitrogens with two attached hydrogens (primary N) is 1. The molecule has 4 aromatic rings. The van der Waals surface area contributed by atoms with Crippen LogP contribution >= 0.6 is 34.8 Å². The second kappa shape index (κ2) is 12.0. The molecule has 1 unspecified atom stereocenters. The molecule has 0 saturated carbocycles. The van der Waals surface area contributed by atoms with E-state index in [0.29, 0.717) is 28.7 Å². The Hall–Kier alpha value is -4.35. The molecule has 0 fully saturated rings. The van der Waals surface area contributed by atoms with Gasteiger partial charge >= 0.3 is 5.97 Å². The number of halogens is 3. The number of carbonyl (C=O) groups is 1. The molecular formula is C31H21Cl3N2O5. The highest BCUT2D eigenvalue weighted by atomic mass is 35.5. The van der Waals surface area contributed by atoms with E-state index in [4.69, 9.17) is 59.5 Å². The second-order valence-corrected chi connectivity index (χ2v) is 10.2. The van der Waals surface area contributed by atoms with Crippen molar-refractivity contribution < 1.29 is 23.7 Å². The van der Waals surface area contributed by atoms with Gasteiger partial charge in [-0.05, 0) is 42.0 Å². The second-order valence-electron chi connectivity index (χ2n) is 8.94. The maximum atomic E-state index is 12.8. The third-order valence-electron chi connectivity index (χ3n) is 6.40. The highest BCUT2D eigenvalue weighted by Crippen LogP contribution is 2.44. The number of allylic oxidation sites excluding steroid dienone is 1. The first-order chi connectivity index (χ1) is 19.8. The van der Waals surface area contributed by atoms with Crippen molar-refractivity contribution in [3.63, 3.8) is 0 Å². The lowest BCUT2D eigenvalue weighted by atomic mass is 9.83. The minimum absolute atomic E-state index is 0.0405. The van der Waals surface area contributed by atoms with Crippen molar-refractivity contribution in [2.75, 3.05) is 7.11 Å². The van der Waals surface area contributed by atoms with E-state index in [9.17, 15) is 10.1 Å². The Bertz CT molecular complexity index is 1690. The van der Waals surface area contributed by atoms with E-state index in [1.54, 1.807) is 12.1 Å². The maximum absolute atomic E-state index is 12.8. The number of nitriles is 1. The van der Waals surface area contributed by atoms with Crippen molar-refractivity contribution in [3.05, 3.63) is 128 Å². The quantitative estimate of drug-likeness (QED) is 0.170. The number of ether oxygens (including phenoxy) is 4. The van der Waals surface area contributed by atoms with Crippen LogP contribution in [0.2, 0.25) is 15.1 Å². The van der Waals surface area contributed by atoms with Crippen molar-refractivity contribution in [3.8, 4) is 29.1 Å². The van der Waals surface area contributed by atoms with Crippen LogP contribution in [-0.4, -0.2) is 13.1 Å². The molecule has 0 radical (unpaired) electrons. The topological polar surface area (TPSA) is 104 Å². The van der Waals surface area contributed by atoms with Gasteiger partial charge < -0.3 is 24.7 Å². The van der Waals surface area contributed by atoms with Gasteiger partial charge in [0.05, 0.1) is 28.6 Å². The first-order valence-electron chi connectivity index (χ1n) is 12.2. The first kappa shape index (κ1) is 28.2. The van der Waals surface area contributed by atoms with Crippen LogP contribution in [0.5, 0.6) is 23.0 Å². The van der Waals surface area contributed by atoms with E-state index >= 15 is 0 Å². The largest absolute Gasteiger partial charge is 0.494 e. The normalized spacial score (nSPS) is 14.0. The maximum Gasteiger partial charge on any atom is 0.343 e. The molecule has 206 valence electrons. The molecule has 41 heavy (non-hydrogen) atoms. The van der Waals surface area contributed by atoms with Gasteiger partial charge in [-0.15, -0.1) is 0 Å². The predicted molar refractivity (Wildman–Crippen MR) is 156 cm³/mol. The van der Waals surface area contributed by atoms with Crippen LogP contribution in [0.3, 0.4) is 0 Å². The summed E-state index contributed by atoms with van der Waals surface area (Å²) in [5.74, 6) is 0.212. The van der Waals surface area contributed by atoms with Gasteiger partial charge in [0.1, 0.15) is 35.5 Å². The molecule has 7 nitrogen and oxygen atoms in total. The Morgan fingerprint density at radius 3 is 2.29 bits per heavy atom. The number of esters is 1. The van der Waals surface area contributed by atoms with E-state index in [0.717, 1.165) is 11.1 Å². The fourth-order valence-electron chi connectivity index (χ4n) is 4.41. The van der Waals surface area contributed by atoms with Crippen molar-refractivity contribution >= 4 is 40.8 Å². The molecule has 1 atom stereocenters. The molecule has 1 aliphatic rings.